The highest BCUT2D eigenvalue weighted by Gasteiger charge is 2.37. The normalized spacial score (nSPS) is 20.9. The summed E-state index contributed by atoms with van der Waals surface area (Å²) in [6, 6.07) is 21.2. The molecule has 142 valence electrons. The summed E-state index contributed by atoms with van der Waals surface area (Å²) in [6.07, 6.45) is 2.34. The first-order valence-electron chi connectivity index (χ1n) is 10.2. The van der Waals surface area contributed by atoms with Crippen LogP contribution in [0.2, 0.25) is 0 Å². The van der Waals surface area contributed by atoms with E-state index >= 15 is 0 Å². The molecule has 2 aliphatic rings. The number of carbonyl (C=O) groups is 1. The van der Waals surface area contributed by atoms with Crippen LogP contribution in [0, 0.1) is 0 Å². The first kappa shape index (κ1) is 17.3. The van der Waals surface area contributed by atoms with Crippen LogP contribution in [-0.4, -0.2) is 25.7 Å². The molecule has 4 heteroatoms. The Kier molecular flexibility index (Phi) is 4.29. The lowest BCUT2D eigenvalue weighted by atomic mass is 10.0. The van der Waals surface area contributed by atoms with Gasteiger partial charge in [-0.15, -0.1) is 0 Å². The van der Waals surface area contributed by atoms with Crippen molar-refractivity contribution in [2.45, 2.75) is 25.8 Å². The van der Waals surface area contributed by atoms with Gasteiger partial charge in [-0.1, -0.05) is 24.3 Å². The third-order valence-electron chi connectivity index (χ3n) is 6.09. The van der Waals surface area contributed by atoms with E-state index < -0.39 is 0 Å². The third kappa shape index (κ3) is 2.76. The monoisotopic (exact) mass is 373 g/mol. The molecule has 0 aliphatic carbocycles. The van der Waals surface area contributed by atoms with Gasteiger partial charge >= 0.3 is 0 Å². The fraction of sp³-hybridized carbons (Fsp3) is 0.292. The number of rotatable bonds is 5. The molecule has 0 saturated carbocycles. The van der Waals surface area contributed by atoms with Crippen LogP contribution >= 0.6 is 0 Å². The van der Waals surface area contributed by atoms with E-state index in [-0.39, 0.29) is 5.91 Å². The second-order valence-corrected chi connectivity index (χ2v) is 7.68. The fourth-order valence-corrected chi connectivity index (χ4v) is 4.81. The molecule has 2 aliphatic heterocycles. The minimum absolute atomic E-state index is 0.136. The molecule has 2 atom stereocenters. The second kappa shape index (κ2) is 6.95. The van der Waals surface area contributed by atoms with Gasteiger partial charge in [0.05, 0.1) is 24.4 Å². The maximum atomic E-state index is 13.1. The van der Waals surface area contributed by atoms with Gasteiger partial charge in [0.1, 0.15) is 11.8 Å². The molecule has 1 saturated heterocycles. The quantitative estimate of drug-likeness (QED) is 0.742. The highest BCUT2D eigenvalue weighted by atomic mass is 16.5. The second-order valence-electron chi connectivity index (χ2n) is 7.68. The molecule has 1 amide bonds. The van der Waals surface area contributed by atoms with Crippen LogP contribution in [-0.2, 0) is 0 Å². The molecular weight excluding hydrogens is 348 g/mol. The number of amides is 1. The Labute approximate surface area is 165 Å². The zero-order chi connectivity index (χ0) is 19.1. The minimum atomic E-state index is 0.136. The lowest BCUT2D eigenvalue weighted by Gasteiger charge is -2.27. The summed E-state index contributed by atoms with van der Waals surface area (Å²) in [7, 11) is 0. The lowest BCUT2D eigenvalue weighted by Crippen LogP contribution is -3.12. The molecule has 2 heterocycles. The number of anilines is 1. The van der Waals surface area contributed by atoms with E-state index in [1.807, 2.05) is 24.0 Å². The van der Waals surface area contributed by atoms with Crippen molar-refractivity contribution >= 4 is 22.4 Å². The van der Waals surface area contributed by atoms with E-state index in [1.165, 1.54) is 16.9 Å². The highest BCUT2D eigenvalue weighted by Crippen LogP contribution is 2.36. The molecule has 4 nitrogen and oxygen atoms in total. The van der Waals surface area contributed by atoms with Crippen LogP contribution in [0.4, 0.5) is 5.69 Å². The predicted molar refractivity (Wildman–Crippen MR) is 111 cm³/mol. The van der Waals surface area contributed by atoms with Crippen LogP contribution < -0.4 is 14.5 Å². The summed E-state index contributed by atoms with van der Waals surface area (Å²) in [6.45, 7) is 4.49. The highest BCUT2D eigenvalue weighted by molar-refractivity contribution is 6.24. The van der Waals surface area contributed by atoms with Crippen LogP contribution in [0.25, 0.3) is 10.8 Å². The molecule has 1 unspecified atom stereocenters. The third-order valence-corrected chi connectivity index (χ3v) is 6.09. The molecule has 3 aromatic carbocycles. The summed E-state index contributed by atoms with van der Waals surface area (Å²) >= 11 is 0. The minimum Gasteiger partial charge on any atom is -0.494 e. The smallest absolute Gasteiger partial charge is 0.263 e. The number of likely N-dealkylation sites (tertiary alicyclic amines) is 1. The first-order chi connectivity index (χ1) is 13.8. The van der Waals surface area contributed by atoms with Crippen LogP contribution in [0.1, 0.15) is 41.7 Å². The number of ether oxygens (including phenoxy) is 1. The summed E-state index contributed by atoms with van der Waals surface area (Å²) in [4.78, 5) is 16.6. The molecular formula is C24H25N2O2+. The molecule has 5 rings (SSSR count). The average Bonchev–Trinajstić information content (AvgIpc) is 3.29. The van der Waals surface area contributed by atoms with Crippen molar-refractivity contribution in [2.75, 3.05) is 24.7 Å². The average molecular weight is 373 g/mol. The molecule has 0 aromatic heterocycles. The van der Waals surface area contributed by atoms with Gasteiger partial charge in [-0.25, -0.2) is 0 Å². The Hall–Kier alpha value is -2.85. The van der Waals surface area contributed by atoms with Gasteiger partial charge in [-0.2, -0.15) is 0 Å². The zero-order valence-electron chi connectivity index (χ0n) is 16.2. The van der Waals surface area contributed by atoms with Crippen molar-refractivity contribution in [3.8, 4) is 5.75 Å². The van der Waals surface area contributed by atoms with Crippen molar-refractivity contribution in [1.82, 2.24) is 0 Å². The molecule has 28 heavy (non-hydrogen) atoms. The number of quaternary nitrogens is 1. The fourth-order valence-electron chi connectivity index (χ4n) is 4.81. The maximum absolute atomic E-state index is 13.1. The Balaban J connectivity index is 1.41. The van der Waals surface area contributed by atoms with E-state index in [1.54, 1.807) is 0 Å². The van der Waals surface area contributed by atoms with E-state index in [0.717, 1.165) is 40.7 Å². The lowest BCUT2D eigenvalue weighted by molar-refractivity contribution is -0.917. The summed E-state index contributed by atoms with van der Waals surface area (Å²) in [5, 5.41) is 2.25. The van der Waals surface area contributed by atoms with Crippen molar-refractivity contribution in [1.29, 1.82) is 0 Å². The van der Waals surface area contributed by atoms with Crippen molar-refractivity contribution in [3.05, 3.63) is 71.8 Å². The van der Waals surface area contributed by atoms with Gasteiger partial charge in [-0.05, 0) is 48.7 Å². The Morgan fingerprint density at radius 3 is 2.64 bits per heavy atom. The standard InChI is InChI=1S/C24H24N2O2/c1-2-28-19-13-11-17(12-14-19)21-10-5-15-25(21)16-26-22-9-4-7-18-6-3-8-20(23(18)22)24(26)27/h3-4,6-9,11-14,21H,2,5,10,15-16H2,1H3/p+1/t21-/m1/s1. The van der Waals surface area contributed by atoms with Gasteiger partial charge < -0.3 is 9.64 Å². The van der Waals surface area contributed by atoms with Crippen LogP contribution in [0.15, 0.2) is 60.7 Å². The summed E-state index contributed by atoms with van der Waals surface area (Å²) in [5.41, 5.74) is 3.23. The Bertz CT molecular complexity index is 1020. The zero-order valence-corrected chi connectivity index (χ0v) is 16.2. The Morgan fingerprint density at radius 1 is 1.07 bits per heavy atom. The summed E-state index contributed by atoms with van der Waals surface area (Å²) < 4.78 is 5.58. The van der Waals surface area contributed by atoms with E-state index in [4.69, 9.17) is 4.74 Å². The number of hydrogen-bond donors (Lipinski definition) is 1. The Morgan fingerprint density at radius 2 is 1.86 bits per heavy atom. The SMILES string of the molecule is CCOc1ccc([C@H]2CCC[NH+]2CN2C(=O)c3cccc4cccc2c34)cc1. The molecule has 0 spiro atoms. The number of carbonyl (C=O) groups excluding carboxylic acids is 1. The molecule has 0 radical (unpaired) electrons. The topological polar surface area (TPSA) is 34.0 Å². The van der Waals surface area contributed by atoms with E-state index in [9.17, 15) is 4.79 Å². The van der Waals surface area contributed by atoms with Crippen molar-refractivity contribution in [2.24, 2.45) is 0 Å². The van der Waals surface area contributed by atoms with Gasteiger partial charge in [0, 0.05) is 23.8 Å². The number of nitrogens with one attached hydrogen (secondary N) is 1. The molecule has 0 bridgehead atoms. The molecule has 1 N–H and O–H groups in total. The van der Waals surface area contributed by atoms with Gasteiger partial charge in [0.2, 0.25) is 0 Å². The van der Waals surface area contributed by atoms with Gasteiger partial charge in [-0.3, -0.25) is 9.69 Å². The predicted octanol–water partition coefficient (Wildman–Crippen LogP) is 3.58. The maximum Gasteiger partial charge on any atom is 0.263 e. The first-order valence-corrected chi connectivity index (χ1v) is 10.2. The number of hydrogen-bond acceptors (Lipinski definition) is 2. The van der Waals surface area contributed by atoms with E-state index in [2.05, 4.69) is 48.5 Å². The number of nitrogens with zero attached hydrogens (tertiary/aromatic N) is 1. The van der Waals surface area contributed by atoms with Gasteiger partial charge in [0.25, 0.3) is 5.91 Å². The summed E-state index contributed by atoms with van der Waals surface area (Å²) in [5.74, 6) is 1.05. The molecule has 3 aromatic rings. The van der Waals surface area contributed by atoms with Crippen molar-refractivity contribution < 1.29 is 14.4 Å². The largest absolute Gasteiger partial charge is 0.494 e. The van der Waals surface area contributed by atoms with Crippen LogP contribution in [0.5, 0.6) is 5.75 Å². The molecule has 1 fully saturated rings. The van der Waals surface area contributed by atoms with Crippen molar-refractivity contribution in [3.63, 3.8) is 0 Å². The van der Waals surface area contributed by atoms with E-state index in [0.29, 0.717) is 19.3 Å². The number of benzene rings is 3. The van der Waals surface area contributed by atoms with Crippen LogP contribution in [0.3, 0.4) is 0 Å². The van der Waals surface area contributed by atoms with Gasteiger partial charge in [0.15, 0.2) is 6.67 Å².